The summed E-state index contributed by atoms with van der Waals surface area (Å²) in [6.07, 6.45) is 2.71. The van der Waals surface area contributed by atoms with Crippen molar-refractivity contribution in [2.75, 3.05) is 19.6 Å². The van der Waals surface area contributed by atoms with Gasteiger partial charge >= 0.3 is 5.69 Å². The van der Waals surface area contributed by atoms with Gasteiger partial charge in [-0.15, -0.1) is 0 Å². The fraction of sp³-hybridized carbons (Fsp3) is 0.409. The van der Waals surface area contributed by atoms with Crippen molar-refractivity contribution in [3.63, 3.8) is 0 Å². The highest BCUT2D eigenvalue weighted by atomic mass is 19.1. The second kappa shape index (κ2) is 6.91. The number of aromatic nitrogens is 3. The van der Waals surface area contributed by atoms with Crippen LogP contribution in [0.3, 0.4) is 0 Å². The average Bonchev–Trinajstić information content (AvgIpc) is 3.04. The van der Waals surface area contributed by atoms with Crippen LogP contribution in [-0.4, -0.2) is 38.7 Å². The summed E-state index contributed by atoms with van der Waals surface area (Å²) in [7, 11) is 1.65. The summed E-state index contributed by atoms with van der Waals surface area (Å²) < 4.78 is 15.9. The quantitative estimate of drug-likeness (QED) is 0.679. The Morgan fingerprint density at radius 3 is 2.69 bits per heavy atom. The number of benzene rings is 1. The van der Waals surface area contributed by atoms with Gasteiger partial charge in [-0.05, 0) is 54.0 Å². The van der Waals surface area contributed by atoms with Gasteiger partial charge in [0.2, 0.25) is 0 Å². The molecule has 29 heavy (non-hydrogen) atoms. The molecule has 2 aromatic heterocycles. The molecule has 3 unspecified atom stereocenters. The largest absolute Gasteiger partial charge is 0.332 e. The summed E-state index contributed by atoms with van der Waals surface area (Å²) in [5.41, 5.74) is 1.02. The fourth-order valence-corrected chi connectivity index (χ4v) is 5.05. The van der Waals surface area contributed by atoms with Crippen LogP contribution in [0.1, 0.15) is 17.9 Å². The summed E-state index contributed by atoms with van der Waals surface area (Å²) >= 11 is 0. The Balaban J connectivity index is 1.30. The number of hydrogen-bond donors (Lipinski definition) is 0. The lowest BCUT2D eigenvalue weighted by Gasteiger charge is -2.40. The van der Waals surface area contributed by atoms with Crippen molar-refractivity contribution in [2.24, 2.45) is 18.9 Å². The van der Waals surface area contributed by atoms with Crippen LogP contribution >= 0.6 is 0 Å². The number of fused-ring (bicyclic) bond motifs is 2. The molecule has 1 saturated heterocycles. The van der Waals surface area contributed by atoms with Gasteiger partial charge < -0.3 is 4.90 Å². The van der Waals surface area contributed by atoms with Crippen molar-refractivity contribution >= 4 is 11.0 Å². The van der Waals surface area contributed by atoms with E-state index in [2.05, 4.69) is 9.88 Å². The molecule has 2 aliphatic rings. The van der Waals surface area contributed by atoms with Gasteiger partial charge in [0.25, 0.3) is 5.56 Å². The average molecular weight is 394 g/mol. The van der Waals surface area contributed by atoms with Crippen LogP contribution < -0.4 is 11.2 Å². The van der Waals surface area contributed by atoms with Gasteiger partial charge in [0, 0.05) is 39.4 Å². The maximum atomic E-state index is 13.2. The van der Waals surface area contributed by atoms with E-state index in [0.29, 0.717) is 41.9 Å². The molecule has 5 rings (SSSR count). The molecule has 6 nitrogen and oxygen atoms in total. The monoisotopic (exact) mass is 394 g/mol. The Morgan fingerprint density at radius 1 is 1.10 bits per heavy atom. The standard InChI is InChI=1S/C22H23FN4O2/c1-25-20-17(3-2-8-24-20)21(28)27(22(25)29)10-9-26-12-15-11-18(19(15)13-26)14-4-6-16(23)7-5-14/h2-8,15,18-19H,9-13H2,1H3. The zero-order valence-corrected chi connectivity index (χ0v) is 16.3. The Morgan fingerprint density at radius 2 is 1.90 bits per heavy atom. The lowest BCUT2D eigenvalue weighted by Crippen LogP contribution is -2.42. The maximum absolute atomic E-state index is 13.2. The van der Waals surface area contributed by atoms with Crippen LogP contribution in [0, 0.1) is 17.7 Å². The first-order chi connectivity index (χ1) is 14.0. The lowest BCUT2D eigenvalue weighted by molar-refractivity contribution is 0.191. The second-order valence-electron chi connectivity index (χ2n) is 8.25. The second-order valence-corrected chi connectivity index (χ2v) is 8.25. The molecule has 2 fully saturated rings. The van der Waals surface area contributed by atoms with Crippen molar-refractivity contribution in [1.82, 2.24) is 19.0 Å². The number of nitrogens with zero attached hydrogens (tertiary/aromatic N) is 4. The van der Waals surface area contributed by atoms with E-state index in [-0.39, 0.29) is 17.1 Å². The smallest absolute Gasteiger partial charge is 0.301 e. The zero-order valence-electron chi connectivity index (χ0n) is 16.3. The van der Waals surface area contributed by atoms with E-state index in [1.165, 1.54) is 26.8 Å². The Hall–Kier alpha value is -2.80. The van der Waals surface area contributed by atoms with Gasteiger partial charge in [-0.25, -0.2) is 14.2 Å². The minimum atomic E-state index is -0.326. The van der Waals surface area contributed by atoms with Crippen molar-refractivity contribution in [2.45, 2.75) is 18.9 Å². The molecule has 3 atom stereocenters. The predicted octanol–water partition coefficient (Wildman–Crippen LogP) is 1.97. The van der Waals surface area contributed by atoms with E-state index < -0.39 is 0 Å². The normalized spacial score (nSPS) is 23.9. The van der Waals surface area contributed by atoms with Gasteiger partial charge in [-0.2, -0.15) is 0 Å². The van der Waals surface area contributed by atoms with Crippen LogP contribution in [0.25, 0.3) is 11.0 Å². The topological polar surface area (TPSA) is 60.1 Å². The van der Waals surface area contributed by atoms with Crippen molar-refractivity contribution < 1.29 is 4.39 Å². The number of hydrogen-bond acceptors (Lipinski definition) is 4. The van der Waals surface area contributed by atoms with Gasteiger partial charge in [-0.3, -0.25) is 13.9 Å². The van der Waals surface area contributed by atoms with Crippen LogP contribution in [0.2, 0.25) is 0 Å². The molecule has 0 N–H and O–H groups in total. The van der Waals surface area contributed by atoms with Gasteiger partial charge in [-0.1, -0.05) is 12.1 Å². The molecule has 0 bridgehead atoms. The summed E-state index contributed by atoms with van der Waals surface area (Å²) in [5.74, 6) is 1.49. The van der Waals surface area contributed by atoms with E-state index in [9.17, 15) is 14.0 Å². The highest BCUT2D eigenvalue weighted by Gasteiger charge is 2.47. The Labute approximate surface area is 167 Å². The number of pyridine rings is 1. The summed E-state index contributed by atoms with van der Waals surface area (Å²) in [6.45, 7) is 2.99. The third-order valence-corrected chi connectivity index (χ3v) is 6.68. The van der Waals surface area contributed by atoms with Crippen LogP contribution in [0.4, 0.5) is 4.39 Å². The Kier molecular flexibility index (Phi) is 4.35. The Bertz CT molecular complexity index is 1180. The first-order valence-electron chi connectivity index (χ1n) is 10.1. The van der Waals surface area contributed by atoms with Crippen LogP contribution in [0.15, 0.2) is 52.2 Å². The molecular weight excluding hydrogens is 371 g/mol. The minimum absolute atomic E-state index is 0.199. The first kappa shape index (κ1) is 18.2. The third kappa shape index (κ3) is 3.00. The first-order valence-corrected chi connectivity index (χ1v) is 10.1. The lowest BCUT2D eigenvalue weighted by atomic mass is 9.64. The highest BCUT2D eigenvalue weighted by molar-refractivity contribution is 5.73. The van der Waals surface area contributed by atoms with E-state index >= 15 is 0 Å². The van der Waals surface area contributed by atoms with Crippen molar-refractivity contribution in [3.8, 4) is 0 Å². The van der Waals surface area contributed by atoms with E-state index in [0.717, 1.165) is 19.5 Å². The SMILES string of the molecule is Cn1c(=O)n(CCN2CC3CC(c4ccc(F)cc4)C3C2)c(=O)c2cccnc21. The number of rotatable bonds is 4. The molecule has 150 valence electrons. The van der Waals surface area contributed by atoms with Gasteiger partial charge in [0.1, 0.15) is 11.5 Å². The molecule has 0 amide bonds. The van der Waals surface area contributed by atoms with E-state index in [4.69, 9.17) is 0 Å². The molecule has 3 heterocycles. The molecule has 1 aromatic carbocycles. The molecule has 3 aromatic rings. The van der Waals surface area contributed by atoms with E-state index in [1.807, 2.05) is 12.1 Å². The van der Waals surface area contributed by atoms with Crippen molar-refractivity contribution in [3.05, 3.63) is 74.8 Å². The summed E-state index contributed by atoms with van der Waals surface area (Å²) in [4.78, 5) is 31.9. The summed E-state index contributed by atoms with van der Waals surface area (Å²) in [6, 6.07) is 10.3. The van der Waals surface area contributed by atoms with Gasteiger partial charge in [0.05, 0.1) is 5.39 Å². The zero-order chi connectivity index (χ0) is 20.1. The van der Waals surface area contributed by atoms with E-state index in [1.54, 1.807) is 25.4 Å². The molecule has 1 aliphatic carbocycles. The predicted molar refractivity (Wildman–Crippen MR) is 108 cm³/mol. The fourth-order valence-electron chi connectivity index (χ4n) is 5.05. The molecular formula is C22H23FN4O2. The van der Waals surface area contributed by atoms with Crippen molar-refractivity contribution in [1.29, 1.82) is 0 Å². The minimum Gasteiger partial charge on any atom is -0.301 e. The highest BCUT2D eigenvalue weighted by Crippen LogP contribution is 2.51. The molecule has 1 aliphatic heterocycles. The third-order valence-electron chi connectivity index (χ3n) is 6.68. The molecule has 0 spiro atoms. The van der Waals surface area contributed by atoms with Crippen LogP contribution in [0.5, 0.6) is 0 Å². The van der Waals surface area contributed by atoms with Crippen LogP contribution in [-0.2, 0) is 13.6 Å². The maximum Gasteiger partial charge on any atom is 0.332 e. The molecule has 7 heteroatoms. The number of likely N-dealkylation sites (tertiary alicyclic amines) is 1. The summed E-state index contributed by atoms with van der Waals surface area (Å²) in [5, 5.41) is 0.465. The molecule has 0 radical (unpaired) electrons. The van der Waals surface area contributed by atoms with Gasteiger partial charge in [0.15, 0.2) is 0 Å². The molecule has 1 saturated carbocycles. The number of halogens is 1. The number of aryl methyl sites for hydroxylation is 1.